The van der Waals surface area contributed by atoms with Crippen molar-refractivity contribution in [1.82, 2.24) is 19.7 Å². The van der Waals surface area contributed by atoms with E-state index in [1.54, 1.807) is 13.8 Å². The van der Waals surface area contributed by atoms with Gasteiger partial charge in [0.05, 0.1) is 26.9 Å². The Morgan fingerprint density at radius 1 is 1.09 bits per heavy atom. The predicted octanol–water partition coefficient (Wildman–Crippen LogP) is 1.52. The van der Waals surface area contributed by atoms with E-state index in [1.165, 1.54) is 26.3 Å². The van der Waals surface area contributed by atoms with Crippen LogP contribution in [0.25, 0.3) is 0 Å². The standard InChI is InChI=1S/C27H47N4O11P/c1-9-39-23(33)18(13-16(3)4)29-43(37,30-19(14-17(5)6)24(34)40-10-2)41-15-20-22(32)27(7,36)25(42-20)31-12-11-21(38-8)28-26(31)35/h11-12,16-20,22,25,32,36H,9-10,13-15H2,1-8H3,(H2,29,30,37)/t18-,19-,20+,22+,25?,27+/m0/s1. The number of hydrogen-bond donors (Lipinski definition) is 4. The molecule has 0 bridgehead atoms. The number of aromatic nitrogens is 2. The number of carbonyl (C=O) groups excluding carboxylic acids is 2. The second kappa shape index (κ2) is 16.1. The quantitative estimate of drug-likeness (QED) is 0.142. The van der Waals surface area contributed by atoms with Gasteiger partial charge in [-0.15, -0.1) is 0 Å². The minimum Gasteiger partial charge on any atom is -0.481 e. The summed E-state index contributed by atoms with van der Waals surface area (Å²) in [6.45, 7) is 11.6. The molecule has 0 amide bonds. The second-order valence-corrected chi connectivity index (χ2v) is 13.2. The Labute approximate surface area is 252 Å². The van der Waals surface area contributed by atoms with E-state index in [0.29, 0.717) is 0 Å². The molecule has 246 valence electrons. The minimum atomic E-state index is -4.30. The van der Waals surface area contributed by atoms with Crippen molar-refractivity contribution in [2.75, 3.05) is 26.9 Å². The minimum absolute atomic E-state index is 0.0147. The maximum absolute atomic E-state index is 14.4. The van der Waals surface area contributed by atoms with Gasteiger partial charge in [0.15, 0.2) is 6.23 Å². The average molecular weight is 635 g/mol. The highest BCUT2D eigenvalue weighted by atomic mass is 31.2. The van der Waals surface area contributed by atoms with Gasteiger partial charge in [-0.2, -0.15) is 4.98 Å². The number of aliphatic hydroxyl groups excluding tert-OH is 1. The molecule has 15 nitrogen and oxygen atoms in total. The summed E-state index contributed by atoms with van der Waals surface area (Å²) in [5, 5.41) is 27.5. The number of esters is 2. The lowest BCUT2D eigenvalue weighted by Gasteiger charge is -2.30. The van der Waals surface area contributed by atoms with Crippen LogP contribution in [0.1, 0.15) is 67.5 Å². The van der Waals surface area contributed by atoms with Gasteiger partial charge in [-0.3, -0.25) is 18.7 Å². The zero-order chi connectivity index (χ0) is 32.5. The fourth-order valence-corrected chi connectivity index (χ4v) is 6.42. The fraction of sp³-hybridized carbons (Fsp3) is 0.778. The number of nitrogens with zero attached hydrogens (tertiary/aromatic N) is 2. The van der Waals surface area contributed by atoms with Crippen molar-refractivity contribution in [2.24, 2.45) is 11.8 Å². The molecule has 0 aliphatic carbocycles. The van der Waals surface area contributed by atoms with E-state index in [-0.39, 0.29) is 43.8 Å². The van der Waals surface area contributed by atoms with Crippen molar-refractivity contribution in [2.45, 2.75) is 97.4 Å². The monoisotopic (exact) mass is 634 g/mol. The van der Waals surface area contributed by atoms with Crippen molar-refractivity contribution >= 4 is 19.6 Å². The third kappa shape index (κ3) is 10.1. The molecule has 43 heavy (non-hydrogen) atoms. The van der Waals surface area contributed by atoms with Crippen molar-refractivity contribution in [3.05, 3.63) is 22.7 Å². The molecular formula is C27H47N4O11P. The Hall–Kier alpha value is -2.39. The van der Waals surface area contributed by atoms with Crippen LogP contribution in [0.4, 0.5) is 0 Å². The maximum Gasteiger partial charge on any atom is 0.353 e. The Morgan fingerprint density at radius 3 is 2.02 bits per heavy atom. The molecule has 1 saturated heterocycles. The second-order valence-electron chi connectivity index (χ2n) is 11.3. The van der Waals surface area contributed by atoms with Crippen molar-refractivity contribution in [1.29, 1.82) is 0 Å². The van der Waals surface area contributed by atoms with Crippen LogP contribution in [-0.2, 0) is 32.9 Å². The van der Waals surface area contributed by atoms with Gasteiger partial charge >= 0.3 is 25.3 Å². The smallest absolute Gasteiger partial charge is 0.353 e. The molecule has 1 aromatic heterocycles. The number of aliphatic hydroxyl groups is 2. The summed E-state index contributed by atoms with van der Waals surface area (Å²) in [5.41, 5.74) is -2.79. The number of nitrogens with one attached hydrogen (secondary N) is 2. The Morgan fingerprint density at radius 2 is 1.60 bits per heavy atom. The SMILES string of the molecule is CCOC(=O)[C@H](CC(C)C)NP(=O)(N[C@@H](CC(C)C)C(=O)OCC)OC[C@H]1OC(n2ccc(OC)nc2=O)[C@](C)(O)[C@@H]1O. The molecule has 6 atom stereocenters. The van der Waals surface area contributed by atoms with Gasteiger partial charge in [-0.05, 0) is 45.4 Å². The molecule has 0 spiro atoms. The molecule has 2 heterocycles. The first-order valence-electron chi connectivity index (χ1n) is 14.4. The Bertz CT molecular complexity index is 1140. The molecule has 1 aliphatic heterocycles. The van der Waals surface area contributed by atoms with Crippen LogP contribution in [-0.4, -0.2) is 88.5 Å². The van der Waals surface area contributed by atoms with Gasteiger partial charge in [0, 0.05) is 12.3 Å². The van der Waals surface area contributed by atoms with Crippen LogP contribution in [0.3, 0.4) is 0 Å². The highest BCUT2D eigenvalue weighted by Crippen LogP contribution is 2.44. The molecular weight excluding hydrogens is 587 g/mol. The summed E-state index contributed by atoms with van der Waals surface area (Å²) in [6, 6.07) is -0.767. The number of rotatable bonds is 17. The normalized spacial score (nSPS) is 23.8. The van der Waals surface area contributed by atoms with Crippen LogP contribution in [0.15, 0.2) is 17.1 Å². The van der Waals surface area contributed by atoms with Crippen molar-refractivity contribution in [3.8, 4) is 5.88 Å². The number of hydrogen-bond acceptors (Lipinski definition) is 12. The summed E-state index contributed by atoms with van der Waals surface area (Å²) in [4.78, 5) is 41.9. The number of ether oxygens (including phenoxy) is 4. The van der Waals surface area contributed by atoms with E-state index < -0.39 is 68.0 Å². The Balaban J connectivity index is 2.40. The molecule has 1 fully saturated rings. The summed E-state index contributed by atoms with van der Waals surface area (Å²) >= 11 is 0. The van der Waals surface area contributed by atoms with E-state index in [9.17, 15) is 29.2 Å². The van der Waals surface area contributed by atoms with Crippen molar-refractivity contribution < 1.29 is 47.8 Å². The van der Waals surface area contributed by atoms with Crippen LogP contribution < -0.4 is 20.6 Å². The first-order chi connectivity index (χ1) is 20.1. The molecule has 1 aromatic rings. The van der Waals surface area contributed by atoms with Crippen LogP contribution in [0.5, 0.6) is 5.88 Å². The van der Waals surface area contributed by atoms with E-state index in [2.05, 4.69) is 15.2 Å². The molecule has 0 aromatic carbocycles. The molecule has 1 unspecified atom stereocenters. The van der Waals surface area contributed by atoms with Gasteiger partial charge in [-0.1, -0.05) is 27.7 Å². The van der Waals surface area contributed by atoms with Gasteiger partial charge in [0.2, 0.25) is 5.88 Å². The first kappa shape index (κ1) is 36.8. The summed E-state index contributed by atoms with van der Waals surface area (Å²) < 4.78 is 42.3. The van der Waals surface area contributed by atoms with E-state index >= 15 is 0 Å². The van der Waals surface area contributed by atoms with Crippen LogP contribution in [0, 0.1) is 11.8 Å². The largest absolute Gasteiger partial charge is 0.481 e. The van der Waals surface area contributed by atoms with E-state index in [0.717, 1.165) is 4.57 Å². The Kier molecular flexibility index (Phi) is 13.8. The molecule has 2 rings (SSSR count). The zero-order valence-corrected chi connectivity index (χ0v) is 27.0. The number of methoxy groups -OCH3 is 1. The van der Waals surface area contributed by atoms with E-state index in [4.69, 9.17) is 23.5 Å². The summed E-state index contributed by atoms with van der Waals surface area (Å²) in [7, 11) is -2.96. The van der Waals surface area contributed by atoms with Gasteiger partial charge in [0.25, 0.3) is 0 Å². The lowest BCUT2D eigenvalue weighted by molar-refractivity contribution is -0.146. The summed E-state index contributed by atoms with van der Waals surface area (Å²) in [5.74, 6) is -1.31. The third-order valence-corrected chi connectivity index (χ3v) is 8.47. The maximum atomic E-state index is 14.4. The van der Waals surface area contributed by atoms with Gasteiger partial charge < -0.3 is 33.7 Å². The molecule has 4 N–H and O–H groups in total. The molecule has 0 saturated carbocycles. The van der Waals surface area contributed by atoms with Crippen LogP contribution in [0.2, 0.25) is 0 Å². The fourth-order valence-electron chi connectivity index (χ4n) is 4.60. The number of carbonyl (C=O) groups is 2. The first-order valence-corrected chi connectivity index (χ1v) is 16.0. The molecule has 1 aliphatic rings. The van der Waals surface area contributed by atoms with Crippen molar-refractivity contribution in [3.63, 3.8) is 0 Å². The lowest BCUT2D eigenvalue weighted by atomic mass is 9.96. The van der Waals surface area contributed by atoms with Gasteiger partial charge in [0.1, 0.15) is 29.9 Å². The highest BCUT2D eigenvalue weighted by molar-refractivity contribution is 7.54. The average Bonchev–Trinajstić information content (AvgIpc) is 3.14. The summed E-state index contributed by atoms with van der Waals surface area (Å²) in [6.07, 6.45) is -2.52. The molecule has 0 radical (unpaired) electrons. The predicted molar refractivity (Wildman–Crippen MR) is 155 cm³/mol. The highest BCUT2D eigenvalue weighted by Gasteiger charge is 2.54. The molecule has 16 heteroatoms. The topological polar surface area (TPSA) is 197 Å². The lowest BCUT2D eigenvalue weighted by Crippen LogP contribution is -2.47. The third-order valence-electron chi connectivity index (χ3n) is 6.65. The van der Waals surface area contributed by atoms with Crippen LogP contribution >= 0.6 is 7.67 Å². The van der Waals surface area contributed by atoms with Gasteiger partial charge in [-0.25, -0.2) is 15.0 Å². The zero-order valence-electron chi connectivity index (χ0n) is 26.1. The van der Waals surface area contributed by atoms with E-state index in [1.807, 2.05) is 27.7 Å².